The number of benzene rings is 1. The first-order valence-corrected chi connectivity index (χ1v) is 11.6. The van der Waals surface area contributed by atoms with Gasteiger partial charge in [0, 0.05) is 24.7 Å². The van der Waals surface area contributed by atoms with Gasteiger partial charge in [-0.2, -0.15) is 0 Å². The molecule has 150 valence electrons. The Hall–Kier alpha value is -1.82. The third-order valence-electron chi connectivity index (χ3n) is 6.31. The van der Waals surface area contributed by atoms with Crippen molar-refractivity contribution in [2.75, 3.05) is 12.3 Å². The fraction of sp³-hybridized carbons (Fsp3) is 0.591. The van der Waals surface area contributed by atoms with E-state index in [1.807, 2.05) is 12.1 Å². The number of hydrogen-bond donors (Lipinski definition) is 0. The molecule has 2 atom stereocenters. The molecule has 1 saturated heterocycles. The zero-order valence-corrected chi connectivity index (χ0v) is 17.7. The molecule has 28 heavy (non-hydrogen) atoms. The van der Waals surface area contributed by atoms with Crippen molar-refractivity contribution in [1.29, 1.82) is 0 Å². The van der Waals surface area contributed by atoms with Gasteiger partial charge in [-0.1, -0.05) is 48.9 Å². The summed E-state index contributed by atoms with van der Waals surface area (Å²) in [5, 5.41) is 9.69. The van der Waals surface area contributed by atoms with Crippen LogP contribution in [0.25, 0.3) is 11.4 Å². The minimum Gasteiger partial charge on any atom is -0.339 e. The maximum atomic E-state index is 13.0. The van der Waals surface area contributed by atoms with Crippen LogP contribution in [0.4, 0.5) is 0 Å². The number of hydrogen-bond acceptors (Lipinski definition) is 4. The molecule has 2 aromatic rings. The van der Waals surface area contributed by atoms with Crippen LogP contribution in [0, 0.1) is 12.8 Å². The van der Waals surface area contributed by atoms with Crippen LogP contribution in [0.2, 0.25) is 0 Å². The van der Waals surface area contributed by atoms with Crippen molar-refractivity contribution in [3.63, 3.8) is 0 Å². The summed E-state index contributed by atoms with van der Waals surface area (Å²) in [6.45, 7) is 5.92. The second-order valence-electron chi connectivity index (χ2n) is 8.00. The molecule has 6 heteroatoms. The lowest BCUT2D eigenvalue weighted by molar-refractivity contribution is -0.134. The monoisotopic (exact) mass is 398 g/mol. The largest absolute Gasteiger partial charge is 0.339 e. The minimum atomic E-state index is 0.268. The Labute approximate surface area is 171 Å². The molecule has 0 N–H and O–H groups in total. The van der Waals surface area contributed by atoms with E-state index in [1.165, 1.54) is 49.4 Å². The van der Waals surface area contributed by atoms with E-state index in [2.05, 4.69) is 45.6 Å². The Bertz CT molecular complexity index is 832. The van der Waals surface area contributed by atoms with Gasteiger partial charge in [-0.15, -0.1) is 10.2 Å². The number of aryl methyl sites for hydroxylation is 1. The molecule has 2 heterocycles. The van der Waals surface area contributed by atoms with Crippen LogP contribution in [0.1, 0.15) is 51.0 Å². The number of aromatic nitrogens is 3. The van der Waals surface area contributed by atoms with Crippen molar-refractivity contribution in [2.45, 2.75) is 70.1 Å². The topological polar surface area (TPSA) is 51.0 Å². The van der Waals surface area contributed by atoms with Gasteiger partial charge in [-0.3, -0.25) is 4.79 Å². The van der Waals surface area contributed by atoms with E-state index in [-0.39, 0.29) is 5.91 Å². The number of thioether (sulfide) groups is 1. The molecular weight excluding hydrogens is 368 g/mol. The summed E-state index contributed by atoms with van der Waals surface area (Å²) < 4.78 is 2.12. The highest BCUT2D eigenvalue weighted by Gasteiger charge is 2.35. The molecular formula is C22H30N4OS. The van der Waals surface area contributed by atoms with Crippen molar-refractivity contribution in [3.8, 4) is 11.4 Å². The first-order valence-electron chi connectivity index (χ1n) is 10.6. The lowest BCUT2D eigenvalue weighted by Crippen LogP contribution is -2.50. The van der Waals surface area contributed by atoms with Crippen LogP contribution in [-0.2, 0) is 11.3 Å². The van der Waals surface area contributed by atoms with Crippen LogP contribution in [0.3, 0.4) is 0 Å². The van der Waals surface area contributed by atoms with Gasteiger partial charge in [-0.25, -0.2) is 0 Å². The third kappa shape index (κ3) is 3.84. The third-order valence-corrected chi connectivity index (χ3v) is 7.26. The molecule has 1 aromatic heterocycles. The van der Waals surface area contributed by atoms with Crippen molar-refractivity contribution in [3.05, 3.63) is 29.8 Å². The summed E-state index contributed by atoms with van der Waals surface area (Å²) in [4.78, 5) is 15.2. The van der Waals surface area contributed by atoms with E-state index in [0.29, 0.717) is 11.8 Å². The zero-order valence-electron chi connectivity index (χ0n) is 16.9. The number of amides is 1. The molecule has 5 nitrogen and oxygen atoms in total. The Morgan fingerprint density at radius 2 is 1.93 bits per heavy atom. The highest BCUT2D eigenvalue weighted by Crippen LogP contribution is 2.36. The molecule has 0 spiro atoms. The van der Waals surface area contributed by atoms with E-state index in [9.17, 15) is 4.79 Å². The van der Waals surface area contributed by atoms with Gasteiger partial charge in [0.05, 0.1) is 5.75 Å². The van der Waals surface area contributed by atoms with E-state index < -0.39 is 0 Å². The van der Waals surface area contributed by atoms with Crippen molar-refractivity contribution >= 4 is 17.7 Å². The Balaban J connectivity index is 1.46. The number of piperidine rings is 1. The fourth-order valence-corrected chi connectivity index (χ4v) is 5.74. The van der Waals surface area contributed by atoms with Crippen LogP contribution in [-0.4, -0.2) is 43.9 Å². The molecule has 2 aliphatic rings. The normalized spacial score (nSPS) is 22.1. The summed E-state index contributed by atoms with van der Waals surface area (Å²) in [5.41, 5.74) is 2.30. The van der Waals surface area contributed by atoms with Crippen LogP contribution in [0.5, 0.6) is 0 Å². The summed E-state index contributed by atoms with van der Waals surface area (Å²) >= 11 is 1.53. The first kappa shape index (κ1) is 19.5. The smallest absolute Gasteiger partial charge is 0.233 e. The predicted octanol–water partition coefficient (Wildman–Crippen LogP) is 4.55. The second kappa shape index (κ2) is 8.68. The lowest BCUT2D eigenvalue weighted by Gasteiger charge is -2.44. The van der Waals surface area contributed by atoms with Gasteiger partial charge in [0.15, 0.2) is 11.0 Å². The van der Waals surface area contributed by atoms with Crippen molar-refractivity contribution < 1.29 is 4.79 Å². The second-order valence-corrected chi connectivity index (χ2v) is 8.94. The molecule has 1 aliphatic heterocycles. The summed E-state index contributed by atoms with van der Waals surface area (Å²) in [7, 11) is 0. The molecule has 2 unspecified atom stereocenters. The highest BCUT2D eigenvalue weighted by molar-refractivity contribution is 7.99. The molecule has 0 radical (unpaired) electrons. The highest BCUT2D eigenvalue weighted by atomic mass is 32.2. The van der Waals surface area contributed by atoms with Gasteiger partial charge >= 0.3 is 0 Å². The summed E-state index contributed by atoms with van der Waals surface area (Å²) in [5.74, 6) is 2.34. The fourth-order valence-electron chi connectivity index (χ4n) is 4.85. The molecule has 1 aliphatic carbocycles. The minimum absolute atomic E-state index is 0.268. The van der Waals surface area contributed by atoms with Crippen LogP contribution in [0.15, 0.2) is 29.4 Å². The molecule has 1 amide bonds. The first-order chi connectivity index (χ1) is 13.7. The van der Waals surface area contributed by atoms with Gasteiger partial charge in [0.1, 0.15) is 0 Å². The molecule has 1 saturated carbocycles. The average molecular weight is 399 g/mol. The number of carbonyl (C=O) groups is 1. The van der Waals surface area contributed by atoms with E-state index in [1.54, 1.807) is 0 Å². The molecule has 0 bridgehead atoms. The van der Waals surface area contributed by atoms with E-state index >= 15 is 0 Å². The summed E-state index contributed by atoms with van der Waals surface area (Å²) in [6, 6.07) is 8.72. The van der Waals surface area contributed by atoms with Gasteiger partial charge in [-0.05, 0) is 51.0 Å². The Morgan fingerprint density at radius 1 is 1.14 bits per heavy atom. The van der Waals surface area contributed by atoms with E-state index in [0.717, 1.165) is 42.0 Å². The quantitative estimate of drug-likeness (QED) is 0.694. The summed E-state index contributed by atoms with van der Waals surface area (Å²) in [6.07, 6.45) is 7.53. The number of likely N-dealkylation sites (tertiary alicyclic amines) is 1. The van der Waals surface area contributed by atoms with Crippen molar-refractivity contribution in [1.82, 2.24) is 19.7 Å². The average Bonchev–Trinajstić information content (AvgIpc) is 3.14. The Kier molecular flexibility index (Phi) is 6.04. The van der Waals surface area contributed by atoms with Gasteiger partial charge < -0.3 is 9.47 Å². The maximum absolute atomic E-state index is 13.0. The van der Waals surface area contributed by atoms with Crippen molar-refractivity contribution in [2.24, 2.45) is 5.92 Å². The van der Waals surface area contributed by atoms with Gasteiger partial charge in [0.2, 0.25) is 5.91 Å². The van der Waals surface area contributed by atoms with Crippen LogP contribution >= 0.6 is 11.8 Å². The number of rotatable bonds is 5. The standard InChI is InChI=1S/C22H30N4OS/c1-3-25-21(18-12-6-4-9-16(18)2)23-24-22(25)28-15-20(27)26-14-8-11-17-10-5-7-13-19(17)26/h4,6,9,12,17,19H,3,5,7-8,10-11,13-15H2,1-2H3. The predicted molar refractivity (Wildman–Crippen MR) is 113 cm³/mol. The Morgan fingerprint density at radius 3 is 2.75 bits per heavy atom. The van der Waals surface area contributed by atoms with Gasteiger partial charge in [0.25, 0.3) is 0 Å². The maximum Gasteiger partial charge on any atom is 0.233 e. The molecule has 4 rings (SSSR count). The SMILES string of the molecule is CCn1c(SCC(=O)N2CCCC3CCCCC32)nnc1-c1ccccc1C. The number of fused-ring (bicyclic) bond motifs is 1. The lowest BCUT2D eigenvalue weighted by atomic mass is 9.78. The molecule has 1 aromatic carbocycles. The molecule has 2 fully saturated rings. The zero-order chi connectivity index (χ0) is 19.5. The number of nitrogens with zero attached hydrogens (tertiary/aromatic N) is 4. The van der Waals surface area contributed by atoms with E-state index in [4.69, 9.17) is 0 Å². The number of carbonyl (C=O) groups excluding carboxylic acids is 1. The van der Waals surface area contributed by atoms with Crippen LogP contribution < -0.4 is 0 Å².